The number of halogens is 1. The van der Waals surface area contributed by atoms with Gasteiger partial charge in [0.05, 0.1) is 0 Å². The first kappa shape index (κ1) is 10.7. The molecule has 0 aromatic carbocycles. The van der Waals surface area contributed by atoms with Gasteiger partial charge in [0.2, 0.25) is 0 Å². The van der Waals surface area contributed by atoms with Gasteiger partial charge >= 0.3 is 0 Å². The zero-order valence-electron chi connectivity index (χ0n) is 8.99. The van der Waals surface area contributed by atoms with E-state index in [4.69, 9.17) is 11.6 Å². The molecule has 0 aliphatic carbocycles. The fraction of sp³-hybridized carbons (Fsp3) is 0.636. The van der Waals surface area contributed by atoms with Gasteiger partial charge in [0.1, 0.15) is 0 Å². The van der Waals surface area contributed by atoms with Crippen molar-refractivity contribution in [3.8, 4) is 0 Å². The molecule has 0 spiro atoms. The molecule has 0 N–H and O–H groups in total. The molecule has 0 saturated carbocycles. The summed E-state index contributed by atoms with van der Waals surface area (Å²) in [7, 11) is 0. The Morgan fingerprint density at radius 2 is 2.27 bits per heavy atom. The maximum Gasteiger partial charge on any atom is 0.151 e. The molecule has 4 heteroatoms. The van der Waals surface area contributed by atoms with Gasteiger partial charge in [-0.15, -0.1) is 10.2 Å². The van der Waals surface area contributed by atoms with Gasteiger partial charge in [-0.1, -0.05) is 18.5 Å². The number of nitrogens with zero attached hydrogens (tertiary/aromatic N) is 3. The Morgan fingerprint density at radius 1 is 1.40 bits per heavy atom. The molecular formula is C11H16ClN3. The quantitative estimate of drug-likeness (QED) is 0.775. The molecule has 82 valence electrons. The standard InChI is InChI=1S/C11H16ClN3/c1-2-9-5-3-4-8-15(9)11-7-6-10(12)13-14-11/h6-7,9H,2-5,8H2,1H3/t9-/m1/s1. The third kappa shape index (κ3) is 2.40. The van der Waals surface area contributed by atoms with Crippen molar-refractivity contribution in [1.82, 2.24) is 10.2 Å². The van der Waals surface area contributed by atoms with E-state index in [1.54, 1.807) is 0 Å². The van der Waals surface area contributed by atoms with Crippen molar-refractivity contribution in [3.63, 3.8) is 0 Å². The number of anilines is 1. The third-order valence-electron chi connectivity index (χ3n) is 3.01. The molecule has 0 amide bonds. The molecule has 15 heavy (non-hydrogen) atoms. The van der Waals surface area contributed by atoms with Crippen molar-refractivity contribution in [2.75, 3.05) is 11.4 Å². The Kier molecular flexibility index (Phi) is 3.41. The first-order valence-corrected chi connectivity index (χ1v) is 5.95. The monoisotopic (exact) mass is 225 g/mol. The average Bonchev–Trinajstić information content (AvgIpc) is 2.30. The summed E-state index contributed by atoms with van der Waals surface area (Å²) in [6, 6.07) is 4.39. The van der Waals surface area contributed by atoms with E-state index in [0.29, 0.717) is 11.2 Å². The van der Waals surface area contributed by atoms with E-state index in [2.05, 4.69) is 22.0 Å². The van der Waals surface area contributed by atoms with Crippen LogP contribution in [0.4, 0.5) is 5.82 Å². The van der Waals surface area contributed by atoms with Gasteiger partial charge < -0.3 is 4.90 Å². The van der Waals surface area contributed by atoms with Gasteiger partial charge in [-0.2, -0.15) is 0 Å². The smallest absolute Gasteiger partial charge is 0.151 e. The molecule has 0 radical (unpaired) electrons. The summed E-state index contributed by atoms with van der Waals surface area (Å²) in [4.78, 5) is 2.35. The Bertz CT molecular complexity index is 312. The first-order chi connectivity index (χ1) is 7.31. The highest BCUT2D eigenvalue weighted by molar-refractivity contribution is 6.29. The minimum Gasteiger partial charge on any atom is -0.352 e. The zero-order chi connectivity index (χ0) is 10.7. The number of rotatable bonds is 2. The molecule has 2 rings (SSSR count). The second-order valence-corrected chi connectivity index (χ2v) is 4.35. The predicted molar refractivity (Wildman–Crippen MR) is 62.3 cm³/mol. The third-order valence-corrected chi connectivity index (χ3v) is 3.21. The average molecular weight is 226 g/mol. The number of aromatic nitrogens is 2. The van der Waals surface area contributed by atoms with Crippen LogP contribution < -0.4 is 4.90 Å². The summed E-state index contributed by atoms with van der Waals surface area (Å²) >= 11 is 5.73. The lowest BCUT2D eigenvalue weighted by molar-refractivity contribution is 0.445. The minimum absolute atomic E-state index is 0.462. The molecule has 1 aliphatic heterocycles. The van der Waals surface area contributed by atoms with Crippen LogP contribution in [0.2, 0.25) is 5.15 Å². The van der Waals surface area contributed by atoms with Crippen molar-refractivity contribution in [2.45, 2.75) is 38.6 Å². The number of piperidine rings is 1. The van der Waals surface area contributed by atoms with Gasteiger partial charge in [-0.05, 0) is 37.8 Å². The SMILES string of the molecule is CC[C@@H]1CCCCN1c1ccc(Cl)nn1. The molecule has 0 bridgehead atoms. The van der Waals surface area contributed by atoms with E-state index in [1.165, 1.54) is 25.7 Å². The molecule has 2 heterocycles. The van der Waals surface area contributed by atoms with Gasteiger partial charge in [0, 0.05) is 12.6 Å². The van der Waals surface area contributed by atoms with Crippen molar-refractivity contribution in [2.24, 2.45) is 0 Å². The van der Waals surface area contributed by atoms with E-state index in [-0.39, 0.29) is 0 Å². The summed E-state index contributed by atoms with van der Waals surface area (Å²) in [5.74, 6) is 0.964. The largest absolute Gasteiger partial charge is 0.352 e. The van der Waals surface area contributed by atoms with Crippen molar-refractivity contribution in [3.05, 3.63) is 17.3 Å². The summed E-state index contributed by atoms with van der Waals surface area (Å²) in [6.45, 7) is 3.32. The minimum atomic E-state index is 0.462. The lowest BCUT2D eigenvalue weighted by atomic mass is 10.0. The van der Waals surface area contributed by atoms with Gasteiger partial charge in [0.15, 0.2) is 11.0 Å². The second kappa shape index (κ2) is 4.79. The molecule has 1 atom stereocenters. The van der Waals surface area contributed by atoms with Crippen LogP contribution in [0.5, 0.6) is 0 Å². The van der Waals surface area contributed by atoms with E-state index >= 15 is 0 Å². The molecule has 1 aromatic rings. The second-order valence-electron chi connectivity index (χ2n) is 3.97. The molecule has 1 fully saturated rings. The molecule has 0 unspecified atom stereocenters. The number of hydrogen-bond acceptors (Lipinski definition) is 3. The van der Waals surface area contributed by atoms with Crippen LogP contribution in [0.1, 0.15) is 32.6 Å². The van der Waals surface area contributed by atoms with Crippen molar-refractivity contribution < 1.29 is 0 Å². The summed E-state index contributed by atoms with van der Waals surface area (Å²) < 4.78 is 0. The van der Waals surface area contributed by atoms with Gasteiger partial charge in [0.25, 0.3) is 0 Å². The zero-order valence-corrected chi connectivity index (χ0v) is 9.74. The van der Waals surface area contributed by atoms with E-state index in [1.807, 2.05) is 12.1 Å². The van der Waals surface area contributed by atoms with E-state index in [9.17, 15) is 0 Å². The predicted octanol–water partition coefficient (Wildman–Crippen LogP) is 2.90. The lowest BCUT2D eigenvalue weighted by Gasteiger charge is -2.35. The maximum atomic E-state index is 5.73. The Balaban J connectivity index is 2.16. The van der Waals surface area contributed by atoms with Crippen molar-refractivity contribution in [1.29, 1.82) is 0 Å². The topological polar surface area (TPSA) is 29.0 Å². The van der Waals surface area contributed by atoms with E-state index in [0.717, 1.165) is 12.4 Å². The van der Waals surface area contributed by atoms with Crippen LogP contribution in [-0.2, 0) is 0 Å². The molecular weight excluding hydrogens is 210 g/mol. The Morgan fingerprint density at radius 3 is 2.93 bits per heavy atom. The molecule has 1 aliphatic rings. The van der Waals surface area contributed by atoms with Crippen LogP contribution in [-0.4, -0.2) is 22.8 Å². The fourth-order valence-electron chi connectivity index (χ4n) is 2.19. The molecule has 3 nitrogen and oxygen atoms in total. The summed E-state index contributed by atoms with van der Waals surface area (Å²) in [6.07, 6.45) is 5.02. The van der Waals surface area contributed by atoms with Crippen LogP contribution in [0.25, 0.3) is 0 Å². The van der Waals surface area contributed by atoms with Crippen LogP contribution in [0.15, 0.2) is 12.1 Å². The Hall–Kier alpha value is -0.830. The lowest BCUT2D eigenvalue weighted by Crippen LogP contribution is -2.39. The normalized spacial score (nSPS) is 21.7. The van der Waals surface area contributed by atoms with Gasteiger partial charge in [-0.3, -0.25) is 0 Å². The molecule has 1 aromatic heterocycles. The summed E-state index contributed by atoms with van der Waals surface area (Å²) in [5.41, 5.74) is 0. The van der Waals surface area contributed by atoms with Crippen LogP contribution in [0.3, 0.4) is 0 Å². The van der Waals surface area contributed by atoms with E-state index < -0.39 is 0 Å². The van der Waals surface area contributed by atoms with Crippen LogP contribution in [0, 0.1) is 0 Å². The first-order valence-electron chi connectivity index (χ1n) is 5.57. The maximum absolute atomic E-state index is 5.73. The summed E-state index contributed by atoms with van der Waals surface area (Å²) in [5, 5.41) is 8.50. The van der Waals surface area contributed by atoms with Crippen molar-refractivity contribution >= 4 is 17.4 Å². The molecule has 1 saturated heterocycles. The highest BCUT2D eigenvalue weighted by Gasteiger charge is 2.21. The van der Waals surface area contributed by atoms with Crippen LogP contribution >= 0.6 is 11.6 Å². The highest BCUT2D eigenvalue weighted by atomic mass is 35.5. The Labute approximate surface area is 95.5 Å². The highest BCUT2D eigenvalue weighted by Crippen LogP contribution is 2.24. The number of hydrogen-bond donors (Lipinski definition) is 0. The van der Waals surface area contributed by atoms with Gasteiger partial charge in [-0.25, -0.2) is 0 Å². The fourth-order valence-corrected chi connectivity index (χ4v) is 2.29.